The molecule has 0 bridgehead atoms. The number of ether oxygens (including phenoxy) is 1. The second-order valence-corrected chi connectivity index (χ2v) is 5.62. The van der Waals surface area contributed by atoms with Crippen molar-refractivity contribution >= 4 is 18.1 Å². The number of nitrogens with zero attached hydrogens (tertiary/aromatic N) is 3. The summed E-state index contributed by atoms with van der Waals surface area (Å²) in [4.78, 5) is 30.1. The fourth-order valence-electron chi connectivity index (χ4n) is 2.43. The average molecular weight is 373 g/mol. The number of H-pyrrole nitrogens is 1. The minimum absolute atomic E-state index is 0.0732. The van der Waals surface area contributed by atoms with Crippen molar-refractivity contribution in [3.8, 4) is 23.1 Å². The maximum absolute atomic E-state index is 12.2. The zero-order valence-corrected chi connectivity index (χ0v) is 14.8. The van der Waals surface area contributed by atoms with Gasteiger partial charge >= 0.3 is 5.97 Å². The fourth-order valence-corrected chi connectivity index (χ4v) is 2.43. The van der Waals surface area contributed by atoms with Gasteiger partial charge in [0, 0.05) is 18.1 Å². The molecule has 0 radical (unpaired) electrons. The lowest BCUT2D eigenvalue weighted by atomic mass is 10.1. The first-order valence-electron chi connectivity index (χ1n) is 8.25. The number of nitrogens with one attached hydrogen (secondary N) is 2. The summed E-state index contributed by atoms with van der Waals surface area (Å²) >= 11 is 0. The average Bonchev–Trinajstić information content (AvgIpc) is 2.69. The second kappa shape index (κ2) is 8.42. The van der Waals surface area contributed by atoms with Crippen molar-refractivity contribution in [1.82, 2.24) is 9.97 Å². The molecule has 0 spiro atoms. The molecule has 0 saturated carbocycles. The van der Waals surface area contributed by atoms with E-state index in [1.807, 2.05) is 12.1 Å². The van der Waals surface area contributed by atoms with Crippen LogP contribution >= 0.6 is 0 Å². The number of anilines is 1. The van der Waals surface area contributed by atoms with Crippen LogP contribution in [0.5, 0.6) is 5.75 Å². The summed E-state index contributed by atoms with van der Waals surface area (Å²) < 4.78 is 5.11. The quantitative estimate of drug-likeness (QED) is 0.307. The molecule has 0 fully saturated rings. The summed E-state index contributed by atoms with van der Waals surface area (Å²) in [7, 11) is 0. The van der Waals surface area contributed by atoms with E-state index in [4.69, 9.17) is 4.74 Å². The normalized spacial score (nSPS) is 10.4. The topological polar surface area (TPSA) is 120 Å². The van der Waals surface area contributed by atoms with Gasteiger partial charge in [-0.3, -0.25) is 14.6 Å². The predicted molar refractivity (Wildman–Crippen MR) is 104 cm³/mol. The van der Waals surface area contributed by atoms with E-state index < -0.39 is 11.5 Å². The van der Waals surface area contributed by atoms with Crippen molar-refractivity contribution in [3.63, 3.8) is 0 Å². The molecule has 0 aliphatic carbocycles. The Morgan fingerprint density at radius 3 is 2.64 bits per heavy atom. The number of aromatic nitrogens is 2. The van der Waals surface area contributed by atoms with Crippen molar-refractivity contribution in [2.24, 2.45) is 5.10 Å². The van der Waals surface area contributed by atoms with Crippen molar-refractivity contribution < 1.29 is 9.53 Å². The molecule has 1 heterocycles. The fraction of sp³-hybridized carbons (Fsp3) is 0.0500. The molecule has 0 amide bonds. The van der Waals surface area contributed by atoms with Gasteiger partial charge in [0.25, 0.3) is 5.56 Å². The first kappa shape index (κ1) is 18.5. The Balaban J connectivity index is 1.89. The van der Waals surface area contributed by atoms with Crippen LogP contribution in [0.3, 0.4) is 0 Å². The van der Waals surface area contributed by atoms with Gasteiger partial charge in [0.1, 0.15) is 17.4 Å². The summed E-state index contributed by atoms with van der Waals surface area (Å²) in [5.41, 5.74) is 3.42. The first-order valence-corrected chi connectivity index (χ1v) is 8.25. The Labute approximate surface area is 160 Å². The van der Waals surface area contributed by atoms with Gasteiger partial charge < -0.3 is 4.74 Å². The van der Waals surface area contributed by atoms with Crippen LogP contribution in [0.15, 0.2) is 64.5 Å². The molecule has 2 N–H and O–H groups in total. The molecular formula is C20H15N5O3. The summed E-state index contributed by atoms with van der Waals surface area (Å²) in [6, 6.07) is 17.6. The number of aromatic amines is 1. The standard InChI is InChI=1S/C20H15N5O3/c1-13(26)28-17-10-6-5-9-15(17)12-22-25-20-23-18(14-7-3-2-4-8-14)16(11-21)19(27)24-20/h2-10,12H,1H3,(H2,23,24,25,27). The third-order valence-electron chi connectivity index (χ3n) is 3.63. The van der Waals surface area contributed by atoms with E-state index in [0.29, 0.717) is 16.9 Å². The van der Waals surface area contributed by atoms with E-state index in [9.17, 15) is 14.9 Å². The van der Waals surface area contributed by atoms with Crippen molar-refractivity contribution in [3.05, 3.63) is 76.1 Å². The zero-order valence-electron chi connectivity index (χ0n) is 14.8. The highest BCUT2D eigenvalue weighted by atomic mass is 16.5. The number of benzene rings is 2. The Hall–Kier alpha value is -4.25. The van der Waals surface area contributed by atoms with Gasteiger partial charge in [-0.2, -0.15) is 10.4 Å². The van der Waals surface area contributed by atoms with Crippen LogP contribution in [-0.2, 0) is 4.79 Å². The Morgan fingerprint density at radius 1 is 1.21 bits per heavy atom. The van der Waals surface area contributed by atoms with Gasteiger partial charge in [0.05, 0.1) is 11.9 Å². The van der Waals surface area contributed by atoms with Crippen molar-refractivity contribution in [1.29, 1.82) is 5.26 Å². The van der Waals surface area contributed by atoms with Gasteiger partial charge in [0.2, 0.25) is 5.95 Å². The highest BCUT2D eigenvalue weighted by Gasteiger charge is 2.12. The van der Waals surface area contributed by atoms with Gasteiger partial charge in [-0.1, -0.05) is 42.5 Å². The lowest BCUT2D eigenvalue weighted by molar-refractivity contribution is -0.131. The van der Waals surface area contributed by atoms with E-state index in [-0.39, 0.29) is 17.2 Å². The number of esters is 1. The molecule has 0 aliphatic heterocycles. The number of hydrogen-bond acceptors (Lipinski definition) is 7. The zero-order chi connectivity index (χ0) is 19.9. The second-order valence-electron chi connectivity index (χ2n) is 5.62. The van der Waals surface area contributed by atoms with E-state index in [1.165, 1.54) is 13.1 Å². The molecule has 3 aromatic rings. The third-order valence-corrected chi connectivity index (χ3v) is 3.63. The Morgan fingerprint density at radius 2 is 1.93 bits per heavy atom. The Bertz CT molecular complexity index is 1130. The summed E-state index contributed by atoms with van der Waals surface area (Å²) in [6.45, 7) is 1.31. The molecule has 0 atom stereocenters. The van der Waals surface area contributed by atoms with Crippen LogP contribution in [0.4, 0.5) is 5.95 Å². The lowest BCUT2D eigenvalue weighted by Crippen LogP contribution is -2.16. The SMILES string of the molecule is CC(=O)Oc1ccccc1C=NNc1nc(-c2ccccc2)c(C#N)c(=O)[nH]1. The molecule has 8 nitrogen and oxygen atoms in total. The number of rotatable bonds is 5. The Kier molecular flexibility index (Phi) is 5.58. The van der Waals surface area contributed by atoms with Crippen LogP contribution in [-0.4, -0.2) is 22.2 Å². The summed E-state index contributed by atoms with van der Waals surface area (Å²) in [5.74, 6) is -0.0183. The van der Waals surface area contributed by atoms with Crippen LogP contribution in [0, 0.1) is 11.3 Å². The molecule has 2 aromatic carbocycles. The molecule has 8 heteroatoms. The minimum Gasteiger partial charge on any atom is -0.426 e. The predicted octanol–water partition coefficient (Wildman–Crippen LogP) is 2.68. The molecule has 0 aliphatic rings. The number of hydrogen-bond donors (Lipinski definition) is 2. The molecular weight excluding hydrogens is 358 g/mol. The smallest absolute Gasteiger partial charge is 0.308 e. The number of carbonyl (C=O) groups excluding carboxylic acids is 1. The van der Waals surface area contributed by atoms with Crippen LogP contribution < -0.4 is 15.7 Å². The van der Waals surface area contributed by atoms with Crippen LogP contribution in [0.25, 0.3) is 11.3 Å². The van der Waals surface area contributed by atoms with Crippen molar-refractivity contribution in [2.75, 3.05) is 5.43 Å². The number of carbonyl (C=O) groups is 1. The number of para-hydroxylation sites is 1. The minimum atomic E-state index is -0.575. The van der Waals surface area contributed by atoms with E-state index in [0.717, 1.165) is 0 Å². The summed E-state index contributed by atoms with van der Waals surface area (Å²) in [5, 5.41) is 13.3. The monoisotopic (exact) mass is 373 g/mol. The van der Waals surface area contributed by atoms with E-state index in [1.54, 1.807) is 48.5 Å². The largest absolute Gasteiger partial charge is 0.426 e. The highest BCUT2D eigenvalue weighted by Crippen LogP contribution is 2.19. The molecule has 28 heavy (non-hydrogen) atoms. The molecule has 0 saturated heterocycles. The van der Waals surface area contributed by atoms with Gasteiger partial charge in [0.15, 0.2) is 0 Å². The molecule has 0 unspecified atom stereocenters. The van der Waals surface area contributed by atoms with Gasteiger partial charge in [-0.05, 0) is 12.1 Å². The maximum Gasteiger partial charge on any atom is 0.308 e. The number of nitriles is 1. The van der Waals surface area contributed by atoms with Crippen LogP contribution in [0.2, 0.25) is 0 Å². The molecule has 1 aromatic heterocycles. The van der Waals surface area contributed by atoms with E-state index in [2.05, 4.69) is 20.5 Å². The van der Waals surface area contributed by atoms with Crippen LogP contribution in [0.1, 0.15) is 18.1 Å². The van der Waals surface area contributed by atoms with Crippen molar-refractivity contribution in [2.45, 2.75) is 6.92 Å². The summed E-state index contributed by atoms with van der Waals surface area (Å²) in [6.07, 6.45) is 1.43. The number of hydrazone groups is 1. The van der Waals surface area contributed by atoms with Gasteiger partial charge in [-0.15, -0.1) is 0 Å². The molecule has 138 valence electrons. The third kappa shape index (κ3) is 4.28. The first-order chi connectivity index (χ1) is 13.6. The highest BCUT2D eigenvalue weighted by molar-refractivity contribution is 5.85. The van der Waals surface area contributed by atoms with Gasteiger partial charge in [-0.25, -0.2) is 10.4 Å². The molecule has 3 rings (SSSR count). The maximum atomic E-state index is 12.2. The lowest BCUT2D eigenvalue weighted by Gasteiger charge is -2.06. The van der Waals surface area contributed by atoms with E-state index >= 15 is 0 Å².